The average molecular weight is 472 g/mol. The number of carbonyl (C=O) groups is 2. The zero-order chi connectivity index (χ0) is 24.5. The van der Waals surface area contributed by atoms with Crippen LogP contribution in [0.25, 0.3) is 11.0 Å². The van der Waals surface area contributed by atoms with Crippen LogP contribution in [-0.4, -0.2) is 73.4 Å². The Morgan fingerprint density at radius 3 is 2.41 bits per heavy atom. The number of piperidine rings is 2. The van der Waals surface area contributed by atoms with Gasteiger partial charge in [-0.15, -0.1) is 0 Å². The van der Waals surface area contributed by atoms with E-state index in [1.165, 1.54) is 24.9 Å². The van der Waals surface area contributed by atoms with Crippen LogP contribution < -0.4 is 16.3 Å². The predicted octanol–water partition coefficient (Wildman–Crippen LogP) is 2.07. The highest BCUT2D eigenvalue weighted by atomic mass is 16.2. The zero-order valence-corrected chi connectivity index (χ0v) is 21.0. The lowest BCUT2D eigenvalue weighted by Gasteiger charge is -2.35. The number of benzene rings is 1. The van der Waals surface area contributed by atoms with E-state index in [2.05, 4.69) is 21.6 Å². The minimum absolute atomic E-state index is 0.186. The number of hydrogen-bond acceptors (Lipinski definition) is 6. The summed E-state index contributed by atoms with van der Waals surface area (Å²) in [5.74, 6) is 1.22. The first-order valence-electron chi connectivity index (χ1n) is 12.7. The Labute approximate surface area is 202 Å². The summed E-state index contributed by atoms with van der Waals surface area (Å²) in [6, 6.07) is 5.45. The molecule has 0 spiro atoms. The second-order valence-electron chi connectivity index (χ2n) is 9.64. The van der Waals surface area contributed by atoms with E-state index in [-0.39, 0.29) is 12.1 Å². The van der Waals surface area contributed by atoms with E-state index in [1.54, 1.807) is 16.2 Å². The third-order valence-corrected chi connectivity index (χ3v) is 7.21. The molecule has 3 heterocycles. The van der Waals surface area contributed by atoms with Crippen molar-refractivity contribution in [3.05, 3.63) is 34.2 Å². The Bertz CT molecular complexity index is 984. The monoisotopic (exact) mass is 471 g/mol. The minimum Gasteiger partial charge on any atom is -0.323 e. The number of carbonyl (C=O) groups excluding carboxylic acids is 2. The summed E-state index contributed by atoms with van der Waals surface area (Å²) in [7, 11) is 5.54. The molecule has 4 rings (SSSR count). The first kappa shape index (κ1) is 26.3. The fraction of sp³-hybridized carbons (Fsp3) is 0.654. The average Bonchev–Trinajstić information content (AvgIpc) is 3.12. The number of aromatic nitrogens is 2. The van der Waals surface area contributed by atoms with Crippen LogP contribution in [0, 0.1) is 5.92 Å². The standard InChI is InChI=1S/C24H34N4O3.C2H7N/c1-26-23-21(19-9-13-27(14-10-19)16-18-7-11-25-12-8-18)5-2-6-22(23)28(24(26)31)20(17-30)4-3-15-29;1-3-2/h2,5-6,15,17-20,25H,3-4,7-14,16H2,1H3;3H,1-2H3. The molecule has 8 nitrogen and oxygen atoms in total. The molecule has 1 unspecified atom stereocenters. The van der Waals surface area contributed by atoms with Crippen LogP contribution in [0.5, 0.6) is 0 Å². The van der Waals surface area contributed by atoms with Crippen molar-refractivity contribution in [3.63, 3.8) is 0 Å². The van der Waals surface area contributed by atoms with Crippen LogP contribution in [-0.2, 0) is 16.6 Å². The topological polar surface area (TPSA) is 88.4 Å². The van der Waals surface area contributed by atoms with Gasteiger partial charge in [0.15, 0.2) is 0 Å². The summed E-state index contributed by atoms with van der Waals surface area (Å²) in [6.45, 7) is 5.67. The van der Waals surface area contributed by atoms with E-state index < -0.39 is 6.04 Å². The van der Waals surface area contributed by atoms with Gasteiger partial charge in [-0.1, -0.05) is 12.1 Å². The van der Waals surface area contributed by atoms with Gasteiger partial charge in [0.2, 0.25) is 0 Å². The van der Waals surface area contributed by atoms with Gasteiger partial charge in [0, 0.05) is 20.0 Å². The van der Waals surface area contributed by atoms with Crippen LogP contribution in [0.4, 0.5) is 0 Å². The maximum Gasteiger partial charge on any atom is 0.329 e. The molecular formula is C26H41N5O3. The highest BCUT2D eigenvalue weighted by Crippen LogP contribution is 2.34. The molecule has 1 aromatic heterocycles. The first-order valence-corrected chi connectivity index (χ1v) is 12.7. The molecule has 1 atom stereocenters. The summed E-state index contributed by atoms with van der Waals surface area (Å²) < 4.78 is 3.26. The van der Waals surface area contributed by atoms with Crippen molar-refractivity contribution < 1.29 is 9.59 Å². The molecule has 0 aliphatic carbocycles. The summed E-state index contributed by atoms with van der Waals surface area (Å²) in [6.07, 6.45) is 6.93. The van der Waals surface area contributed by atoms with Crippen LogP contribution >= 0.6 is 0 Å². The maximum absolute atomic E-state index is 13.0. The fourth-order valence-corrected chi connectivity index (χ4v) is 5.47. The molecule has 2 fully saturated rings. The second-order valence-corrected chi connectivity index (χ2v) is 9.64. The fourth-order valence-electron chi connectivity index (χ4n) is 5.47. The molecule has 0 radical (unpaired) electrons. The van der Waals surface area contributed by atoms with Gasteiger partial charge < -0.3 is 25.1 Å². The van der Waals surface area contributed by atoms with Gasteiger partial charge in [-0.05, 0) is 95.8 Å². The number of aldehydes is 2. The number of nitrogens with one attached hydrogen (secondary N) is 2. The molecule has 34 heavy (non-hydrogen) atoms. The van der Waals surface area contributed by atoms with Crippen LogP contribution in [0.1, 0.15) is 56.0 Å². The van der Waals surface area contributed by atoms with Crippen LogP contribution in [0.3, 0.4) is 0 Å². The number of para-hydroxylation sites is 1. The third-order valence-electron chi connectivity index (χ3n) is 7.21. The molecule has 2 aromatic rings. The number of fused-ring (bicyclic) bond motifs is 1. The highest BCUT2D eigenvalue weighted by molar-refractivity contribution is 5.81. The second kappa shape index (κ2) is 13.0. The number of likely N-dealkylation sites (tertiary alicyclic amines) is 1. The van der Waals surface area contributed by atoms with Crippen molar-refractivity contribution in [2.24, 2.45) is 13.0 Å². The van der Waals surface area contributed by atoms with Crippen molar-refractivity contribution in [3.8, 4) is 0 Å². The lowest BCUT2D eigenvalue weighted by atomic mass is 9.87. The number of aryl methyl sites for hydroxylation is 1. The lowest BCUT2D eigenvalue weighted by molar-refractivity contribution is -0.111. The molecule has 2 saturated heterocycles. The molecule has 2 aliphatic heterocycles. The largest absolute Gasteiger partial charge is 0.329 e. The van der Waals surface area contributed by atoms with Crippen molar-refractivity contribution in [2.75, 3.05) is 46.8 Å². The van der Waals surface area contributed by atoms with E-state index in [0.717, 1.165) is 68.5 Å². The van der Waals surface area contributed by atoms with E-state index >= 15 is 0 Å². The van der Waals surface area contributed by atoms with Crippen LogP contribution in [0.2, 0.25) is 0 Å². The predicted molar refractivity (Wildman–Crippen MR) is 137 cm³/mol. The van der Waals surface area contributed by atoms with Gasteiger partial charge in [0.25, 0.3) is 0 Å². The molecule has 1 aromatic carbocycles. The maximum atomic E-state index is 13.0. The van der Waals surface area contributed by atoms with E-state index in [9.17, 15) is 14.4 Å². The Morgan fingerprint density at radius 1 is 1.12 bits per heavy atom. The summed E-state index contributed by atoms with van der Waals surface area (Å²) in [5.41, 5.74) is 2.75. The Balaban J connectivity index is 0.00000103. The normalized spacial score (nSPS) is 18.9. The molecule has 0 bridgehead atoms. The SMILES string of the molecule is CNC.Cn1c(=O)n(C(C=O)CCC=O)c2cccc(C3CCN(CC4CCNCC4)CC3)c21. The quantitative estimate of drug-likeness (QED) is 0.573. The first-order chi connectivity index (χ1) is 16.5. The molecule has 2 N–H and O–H groups in total. The summed E-state index contributed by atoms with van der Waals surface area (Å²) >= 11 is 0. The number of nitrogens with zero attached hydrogens (tertiary/aromatic N) is 3. The van der Waals surface area contributed by atoms with Crippen LogP contribution in [0.15, 0.2) is 23.0 Å². The van der Waals surface area contributed by atoms with Gasteiger partial charge in [-0.3, -0.25) is 9.13 Å². The van der Waals surface area contributed by atoms with Gasteiger partial charge in [0.1, 0.15) is 12.6 Å². The van der Waals surface area contributed by atoms with Gasteiger partial charge in [-0.2, -0.15) is 0 Å². The number of imidazole rings is 1. The molecule has 0 saturated carbocycles. The third kappa shape index (κ3) is 6.03. The summed E-state index contributed by atoms with van der Waals surface area (Å²) in [5, 5.41) is 6.20. The van der Waals surface area contributed by atoms with Gasteiger partial charge in [-0.25, -0.2) is 4.79 Å². The smallest absolute Gasteiger partial charge is 0.323 e. The Kier molecular flexibility index (Phi) is 10.0. The Hall–Kier alpha value is -2.29. The Morgan fingerprint density at radius 2 is 1.79 bits per heavy atom. The molecule has 188 valence electrons. The molecule has 0 amide bonds. The number of hydrogen-bond donors (Lipinski definition) is 2. The van der Waals surface area contributed by atoms with E-state index in [1.807, 2.05) is 26.2 Å². The molecule has 8 heteroatoms. The minimum atomic E-state index is -0.608. The zero-order valence-electron chi connectivity index (χ0n) is 21.0. The number of rotatable bonds is 8. The molecular weight excluding hydrogens is 430 g/mol. The highest BCUT2D eigenvalue weighted by Gasteiger charge is 2.27. The van der Waals surface area contributed by atoms with Crippen molar-refractivity contribution in [2.45, 2.75) is 50.5 Å². The van der Waals surface area contributed by atoms with Crippen molar-refractivity contribution >= 4 is 23.6 Å². The molecule has 2 aliphatic rings. The van der Waals surface area contributed by atoms with Crippen molar-refractivity contribution in [1.29, 1.82) is 0 Å². The van der Waals surface area contributed by atoms with E-state index in [0.29, 0.717) is 12.3 Å². The van der Waals surface area contributed by atoms with Gasteiger partial charge >= 0.3 is 5.69 Å². The summed E-state index contributed by atoms with van der Waals surface area (Å²) in [4.78, 5) is 38.2. The lowest BCUT2D eigenvalue weighted by Crippen LogP contribution is -2.39. The van der Waals surface area contributed by atoms with E-state index in [4.69, 9.17) is 0 Å². The van der Waals surface area contributed by atoms with Crippen molar-refractivity contribution in [1.82, 2.24) is 24.7 Å². The van der Waals surface area contributed by atoms with Gasteiger partial charge in [0.05, 0.1) is 17.1 Å².